The number of fused-ring (bicyclic) bond motifs is 1. The molecule has 1 aliphatic heterocycles. The molecule has 25 heavy (non-hydrogen) atoms. The van der Waals surface area contributed by atoms with E-state index in [0.29, 0.717) is 5.75 Å². The molecule has 1 saturated carbocycles. The van der Waals surface area contributed by atoms with Crippen molar-refractivity contribution in [1.82, 2.24) is 15.2 Å². The Morgan fingerprint density at radius 3 is 2.76 bits per heavy atom. The van der Waals surface area contributed by atoms with E-state index in [9.17, 15) is 14.4 Å². The minimum atomic E-state index is -0.681. The second-order valence-electron chi connectivity index (χ2n) is 6.54. The molecule has 0 spiro atoms. The van der Waals surface area contributed by atoms with E-state index in [2.05, 4.69) is 10.3 Å². The maximum Gasteiger partial charge on any atom is 0.249 e. The third-order valence-corrected chi connectivity index (χ3v) is 4.82. The lowest BCUT2D eigenvalue weighted by atomic mass is 10.1. The molecule has 2 heterocycles. The predicted octanol–water partition coefficient (Wildman–Crippen LogP) is 1.13. The number of hydrogen-bond acceptors (Lipinski definition) is 4. The van der Waals surface area contributed by atoms with E-state index in [-0.39, 0.29) is 36.6 Å². The van der Waals surface area contributed by atoms with Gasteiger partial charge in [0.15, 0.2) is 0 Å². The van der Waals surface area contributed by atoms with Crippen LogP contribution in [0.2, 0.25) is 0 Å². The highest BCUT2D eigenvalue weighted by Crippen LogP contribution is 2.33. The summed E-state index contributed by atoms with van der Waals surface area (Å²) in [7, 11) is 1.60. The molecule has 130 valence electrons. The topological polar surface area (TPSA) is 91.5 Å². The van der Waals surface area contributed by atoms with Crippen LogP contribution in [0.1, 0.15) is 24.8 Å². The summed E-state index contributed by atoms with van der Waals surface area (Å²) in [4.78, 5) is 41.3. The van der Waals surface area contributed by atoms with Crippen LogP contribution < -0.4 is 10.1 Å². The number of aromatic amines is 1. The van der Waals surface area contributed by atoms with Crippen molar-refractivity contribution >= 4 is 28.6 Å². The minimum Gasteiger partial charge on any atom is -0.496 e. The van der Waals surface area contributed by atoms with Gasteiger partial charge in [-0.15, -0.1) is 0 Å². The van der Waals surface area contributed by atoms with Gasteiger partial charge in [-0.05, 0) is 30.5 Å². The summed E-state index contributed by atoms with van der Waals surface area (Å²) < 4.78 is 5.41. The fourth-order valence-electron chi connectivity index (χ4n) is 3.53. The first-order valence-corrected chi connectivity index (χ1v) is 8.36. The molecule has 0 unspecified atom stereocenters. The van der Waals surface area contributed by atoms with Crippen molar-refractivity contribution in [2.75, 3.05) is 7.11 Å². The fourth-order valence-corrected chi connectivity index (χ4v) is 3.53. The number of rotatable bonds is 5. The number of H-pyrrole nitrogens is 1. The van der Waals surface area contributed by atoms with Crippen LogP contribution in [0.25, 0.3) is 10.9 Å². The van der Waals surface area contributed by atoms with E-state index in [0.717, 1.165) is 29.3 Å². The summed E-state index contributed by atoms with van der Waals surface area (Å²) in [6, 6.07) is 5.04. The van der Waals surface area contributed by atoms with Crippen LogP contribution in [-0.2, 0) is 20.8 Å². The highest BCUT2D eigenvalue weighted by Gasteiger charge is 2.44. The smallest absolute Gasteiger partial charge is 0.249 e. The number of imide groups is 1. The summed E-state index contributed by atoms with van der Waals surface area (Å²) in [5.41, 5.74) is 1.72. The quantitative estimate of drug-likeness (QED) is 0.798. The monoisotopic (exact) mass is 341 g/mol. The number of amides is 3. The summed E-state index contributed by atoms with van der Waals surface area (Å²) >= 11 is 0. The minimum absolute atomic E-state index is 0.0538. The average molecular weight is 341 g/mol. The summed E-state index contributed by atoms with van der Waals surface area (Å²) in [5, 5.41) is 3.17. The second-order valence-corrected chi connectivity index (χ2v) is 6.54. The van der Waals surface area contributed by atoms with Crippen LogP contribution in [0.15, 0.2) is 24.4 Å². The third kappa shape index (κ3) is 2.75. The molecule has 1 aromatic heterocycles. The molecule has 4 rings (SSSR count). The number of carbonyl (C=O) groups excluding carboxylic acids is 3. The molecule has 2 aliphatic rings. The SMILES string of the molecule is COc1cccc2[nH]cc(CC(=O)N(C3CC3)[C@H]3CC(=O)NC3=O)c12. The van der Waals surface area contributed by atoms with Crippen LogP contribution in [0.3, 0.4) is 0 Å². The van der Waals surface area contributed by atoms with Crippen LogP contribution in [0.5, 0.6) is 5.75 Å². The van der Waals surface area contributed by atoms with Gasteiger partial charge in [-0.25, -0.2) is 0 Å². The summed E-state index contributed by atoms with van der Waals surface area (Å²) in [5.74, 6) is -0.124. The molecule has 1 aliphatic carbocycles. The normalized spacial score (nSPS) is 20.0. The van der Waals surface area contributed by atoms with Gasteiger partial charge in [0, 0.05) is 23.1 Å². The number of ether oxygens (including phenoxy) is 1. The van der Waals surface area contributed by atoms with Crippen molar-refractivity contribution in [3.8, 4) is 5.75 Å². The lowest BCUT2D eigenvalue weighted by molar-refractivity contribution is -0.139. The van der Waals surface area contributed by atoms with E-state index in [1.54, 1.807) is 18.2 Å². The van der Waals surface area contributed by atoms with Gasteiger partial charge in [-0.1, -0.05) is 6.07 Å². The first-order chi connectivity index (χ1) is 12.1. The van der Waals surface area contributed by atoms with E-state index in [1.807, 2.05) is 18.2 Å². The van der Waals surface area contributed by atoms with E-state index in [4.69, 9.17) is 4.74 Å². The van der Waals surface area contributed by atoms with Gasteiger partial charge in [0.1, 0.15) is 11.8 Å². The summed E-state index contributed by atoms with van der Waals surface area (Å²) in [6.45, 7) is 0. The molecule has 1 aromatic carbocycles. The molecule has 1 atom stereocenters. The zero-order valence-corrected chi connectivity index (χ0v) is 13.9. The van der Waals surface area contributed by atoms with Crippen LogP contribution in [-0.4, -0.2) is 46.8 Å². The number of aromatic nitrogens is 1. The Morgan fingerprint density at radius 2 is 2.12 bits per heavy atom. The number of methoxy groups -OCH3 is 1. The third-order valence-electron chi connectivity index (χ3n) is 4.82. The van der Waals surface area contributed by atoms with Crippen molar-refractivity contribution in [1.29, 1.82) is 0 Å². The molecule has 3 amide bonds. The number of nitrogens with zero attached hydrogens (tertiary/aromatic N) is 1. The molecule has 7 heteroatoms. The lowest BCUT2D eigenvalue weighted by Crippen LogP contribution is -2.46. The zero-order valence-electron chi connectivity index (χ0n) is 13.9. The van der Waals surface area contributed by atoms with Gasteiger partial charge < -0.3 is 14.6 Å². The van der Waals surface area contributed by atoms with Crippen molar-refractivity contribution in [3.63, 3.8) is 0 Å². The maximum absolute atomic E-state index is 13.0. The van der Waals surface area contributed by atoms with Crippen molar-refractivity contribution in [2.24, 2.45) is 0 Å². The first kappa shape index (κ1) is 15.7. The second kappa shape index (κ2) is 5.91. The Morgan fingerprint density at radius 1 is 1.32 bits per heavy atom. The number of hydrogen-bond donors (Lipinski definition) is 2. The Bertz CT molecular complexity index is 868. The van der Waals surface area contributed by atoms with Gasteiger partial charge in [-0.2, -0.15) is 0 Å². The van der Waals surface area contributed by atoms with Gasteiger partial charge >= 0.3 is 0 Å². The van der Waals surface area contributed by atoms with Crippen LogP contribution >= 0.6 is 0 Å². The maximum atomic E-state index is 13.0. The molecule has 1 saturated heterocycles. The van der Waals surface area contributed by atoms with E-state index < -0.39 is 6.04 Å². The van der Waals surface area contributed by atoms with Crippen LogP contribution in [0.4, 0.5) is 0 Å². The Balaban J connectivity index is 1.62. The highest BCUT2D eigenvalue weighted by atomic mass is 16.5. The lowest BCUT2D eigenvalue weighted by Gasteiger charge is -2.26. The predicted molar refractivity (Wildman–Crippen MR) is 90.0 cm³/mol. The largest absolute Gasteiger partial charge is 0.496 e. The molecule has 0 bridgehead atoms. The van der Waals surface area contributed by atoms with Crippen molar-refractivity contribution < 1.29 is 19.1 Å². The number of benzene rings is 1. The van der Waals surface area contributed by atoms with E-state index >= 15 is 0 Å². The number of nitrogens with one attached hydrogen (secondary N) is 2. The van der Waals surface area contributed by atoms with Crippen LogP contribution in [0, 0.1) is 0 Å². The fraction of sp³-hybridized carbons (Fsp3) is 0.389. The Hall–Kier alpha value is -2.83. The molecule has 2 fully saturated rings. The molecular formula is C18H19N3O4. The van der Waals surface area contributed by atoms with Crippen molar-refractivity contribution in [3.05, 3.63) is 30.0 Å². The zero-order chi connectivity index (χ0) is 17.6. The average Bonchev–Trinajstić information content (AvgIpc) is 3.25. The highest BCUT2D eigenvalue weighted by molar-refractivity contribution is 6.07. The molecule has 2 N–H and O–H groups in total. The first-order valence-electron chi connectivity index (χ1n) is 8.36. The van der Waals surface area contributed by atoms with Gasteiger partial charge in [0.2, 0.25) is 17.7 Å². The molecule has 7 nitrogen and oxygen atoms in total. The van der Waals surface area contributed by atoms with Crippen molar-refractivity contribution in [2.45, 2.75) is 37.8 Å². The molecular weight excluding hydrogens is 322 g/mol. The van der Waals surface area contributed by atoms with Gasteiger partial charge in [-0.3, -0.25) is 19.7 Å². The Labute approximate surface area is 144 Å². The van der Waals surface area contributed by atoms with Gasteiger partial charge in [0.05, 0.1) is 20.0 Å². The molecule has 2 aromatic rings. The standard InChI is InChI=1S/C18H19N3O4/c1-25-14-4-2-3-12-17(14)10(9-19-12)7-16(23)21(11-5-6-11)13-8-15(22)20-18(13)24/h2-4,9,11,13,19H,5-8H2,1H3,(H,20,22,24)/t13-/m0/s1. The van der Waals surface area contributed by atoms with Gasteiger partial charge in [0.25, 0.3) is 0 Å². The number of carbonyl (C=O) groups is 3. The molecule has 0 radical (unpaired) electrons. The van der Waals surface area contributed by atoms with E-state index in [1.165, 1.54) is 0 Å². The Kier molecular flexibility index (Phi) is 3.71. The summed E-state index contributed by atoms with van der Waals surface area (Å²) in [6.07, 6.45) is 3.77.